The Kier molecular flexibility index (Phi) is 7.12. The summed E-state index contributed by atoms with van der Waals surface area (Å²) < 4.78 is 34.1. The maximum Gasteiger partial charge on any atom is 0.279 e. The number of benzene rings is 2. The summed E-state index contributed by atoms with van der Waals surface area (Å²) in [6.45, 7) is 3.34. The number of rotatable bonds is 8. The molecule has 0 radical (unpaired) electrons. The van der Waals surface area contributed by atoms with Gasteiger partial charge < -0.3 is 10.1 Å². The van der Waals surface area contributed by atoms with E-state index in [1.807, 2.05) is 36.4 Å². The molecule has 0 spiro atoms. The lowest BCUT2D eigenvalue weighted by atomic mass is 9.73. The van der Waals surface area contributed by atoms with Crippen LogP contribution in [0.2, 0.25) is 0 Å². The summed E-state index contributed by atoms with van der Waals surface area (Å²) >= 11 is 0. The van der Waals surface area contributed by atoms with Crippen LogP contribution in [0.3, 0.4) is 0 Å². The first-order valence-electron chi connectivity index (χ1n) is 10.1. The molecule has 3 rings (SSSR count). The quantitative estimate of drug-likeness (QED) is 0.671. The lowest BCUT2D eigenvalue weighted by Crippen LogP contribution is -2.52. The predicted octanol–water partition coefficient (Wildman–Crippen LogP) is 2.31. The number of carbonyl (C=O) groups excluding carboxylic acids is 1. The fourth-order valence-electron chi connectivity index (χ4n) is 3.96. The van der Waals surface area contributed by atoms with Gasteiger partial charge >= 0.3 is 0 Å². The molecule has 1 fully saturated rings. The number of amides is 1. The Labute approximate surface area is 178 Å². The summed E-state index contributed by atoms with van der Waals surface area (Å²) in [5.41, 5.74) is 1.25. The Morgan fingerprint density at radius 1 is 1.07 bits per heavy atom. The summed E-state index contributed by atoms with van der Waals surface area (Å²) in [5.74, 6) is 0.320. The number of nitrogens with zero attached hydrogens (tertiary/aromatic N) is 1. The molecule has 1 aliphatic rings. The average Bonchev–Trinajstić information content (AvgIpc) is 2.78. The molecule has 7 nitrogen and oxygen atoms in total. The molecule has 0 bridgehead atoms. The minimum atomic E-state index is -3.47. The molecule has 1 amide bonds. The van der Waals surface area contributed by atoms with Crippen molar-refractivity contribution < 1.29 is 17.9 Å². The van der Waals surface area contributed by atoms with Crippen LogP contribution in [0.4, 0.5) is 0 Å². The Morgan fingerprint density at radius 3 is 2.33 bits per heavy atom. The van der Waals surface area contributed by atoms with E-state index >= 15 is 0 Å². The molecule has 1 saturated heterocycles. The van der Waals surface area contributed by atoms with E-state index < -0.39 is 10.2 Å². The van der Waals surface area contributed by atoms with Gasteiger partial charge in [-0.1, -0.05) is 49.4 Å². The summed E-state index contributed by atoms with van der Waals surface area (Å²) in [4.78, 5) is 12.8. The smallest absolute Gasteiger partial charge is 0.279 e. The topological polar surface area (TPSA) is 87.7 Å². The van der Waals surface area contributed by atoms with Gasteiger partial charge in [-0.2, -0.15) is 12.7 Å². The molecule has 1 aliphatic heterocycles. The summed E-state index contributed by atoms with van der Waals surface area (Å²) in [7, 11) is -1.93. The first-order valence-corrected chi connectivity index (χ1v) is 11.6. The fraction of sp³-hybridized carbons (Fsp3) is 0.409. The van der Waals surface area contributed by atoms with E-state index in [-0.39, 0.29) is 11.3 Å². The van der Waals surface area contributed by atoms with Crippen molar-refractivity contribution >= 4 is 16.1 Å². The van der Waals surface area contributed by atoms with Crippen molar-refractivity contribution in [1.29, 1.82) is 0 Å². The molecular weight excluding hydrogens is 402 g/mol. The Morgan fingerprint density at radius 2 is 1.70 bits per heavy atom. The van der Waals surface area contributed by atoms with Gasteiger partial charge in [0.05, 0.1) is 12.7 Å². The van der Waals surface area contributed by atoms with E-state index in [0.717, 1.165) is 5.56 Å². The van der Waals surface area contributed by atoms with Gasteiger partial charge in [0.2, 0.25) is 0 Å². The van der Waals surface area contributed by atoms with Gasteiger partial charge in [0.1, 0.15) is 5.75 Å². The highest BCUT2D eigenvalue weighted by Gasteiger charge is 2.39. The monoisotopic (exact) mass is 431 g/mol. The molecule has 2 aromatic rings. The van der Waals surface area contributed by atoms with Gasteiger partial charge in [0.25, 0.3) is 16.1 Å². The first-order chi connectivity index (χ1) is 14.4. The van der Waals surface area contributed by atoms with Gasteiger partial charge in [0.15, 0.2) is 0 Å². The van der Waals surface area contributed by atoms with Crippen LogP contribution in [-0.2, 0) is 15.6 Å². The lowest BCUT2D eigenvalue weighted by molar-refractivity contribution is 0.0930. The molecule has 30 heavy (non-hydrogen) atoms. The number of carbonyl (C=O) groups is 1. The van der Waals surface area contributed by atoms with Crippen molar-refractivity contribution in [3.63, 3.8) is 0 Å². The van der Waals surface area contributed by atoms with Gasteiger partial charge in [-0.25, -0.2) is 4.72 Å². The molecular formula is C22H29N3O4S. The van der Waals surface area contributed by atoms with Crippen LogP contribution in [0.1, 0.15) is 35.7 Å². The zero-order valence-corrected chi connectivity index (χ0v) is 18.2. The zero-order chi connectivity index (χ0) is 21.6. The third-order valence-electron chi connectivity index (χ3n) is 5.67. The van der Waals surface area contributed by atoms with Crippen LogP contribution in [-0.4, -0.2) is 51.9 Å². The van der Waals surface area contributed by atoms with Crippen LogP contribution >= 0.6 is 0 Å². The number of piperidine rings is 1. The molecule has 8 heteroatoms. The van der Waals surface area contributed by atoms with Gasteiger partial charge in [0, 0.05) is 31.6 Å². The maximum absolute atomic E-state index is 12.8. The van der Waals surface area contributed by atoms with Gasteiger partial charge in [-0.3, -0.25) is 4.79 Å². The molecule has 0 saturated carbocycles. The third-order valence-corrected chi connectivity index (χ3v) is 7.37. The van der Waals surface area contributed by atoms with Crippen molar-refractivity contribution in [2.75, 3.05) is 33.3 Å². The van der Waals surface area contributed by atoms with Crippen molar-refractivity contribution in [2.24, 2.45) is 0 Å². The molecule has 0 atom stereocenters. The fourth-order valence-corrected chi connectivity index (χ4v) is 5.18. The van der Waals surface area contributed by atoms with E-state index in [1.165, 1.54) is 11.4 Å². The number of hydrogen-bond acceptors (Lipinski definition) is 4. The molecule has 2 aromatic carbocycles. The Bertz CT molecular complexity index is 955. The van der Waals surface area contributed by atoms with Crippen LogP contribution < -0.4 is 14.8 Å². The van der Waals surface area contributed by atoms with Crippen molar-refractivity contribution in [2.45, 2.75) is 25.2 Å². The van der Waals surface area contributed by atoms with Crippen LogP contribution in [0.25, 0.3) is 0 Å². The van der Waals surface area contributed by atoms with Crippen molar-refractivity contribution in [3.05, 3.63) is 65.7 Å². The SMILES string of the molecule is CCNS(=O)(=O)N1CCC(CNC(=O)c2ccccc2OC)(c2ccccc2)CC1. The maximum atomic E-state index is 12.8. The summed E-state index contributed by atoms with van der Waals surface area (Å²) in [6, 6.07) is 17.1. The van der Waals surface area contributed by atoms with E-state index in [9.17, 15) is 13.2 Å². The minimum absolute atomic E-state index is 0.203. The highest BCUT2D eigenvalue weighted by atomic mass is 32.2. The summed E-state index contributed by atoms with van der Waals surface area (Å²) in [6.07, 6.45) is 1.24. The predicted molar refractivity (Wildman–Crippen MR) is 117 cm³/mol. The molecule has 0 unspecified atom stereocenters. The van der Waals surface area contributed by atoms with E-state index in [2.05, 4.69) is 10.0 Å². The number of ether oxygens (including phenoxy) is 1. The summed E-state index contributed by atoms with van der Waals surface area (Å²) in [5, 5.41) is 3.06. The Hall–Kier alpha value is -2.42. The second kappa shape index (κ2) is 9.59. The number of hydrogen-bond donors (Lipinski definition) is 2. The normalized spacial score (nSPS) is 16.7. The number of nitrogens with one attached hydrogen (secondary N) is 2. The van der Waals surface area contributed by atoms with Crippen molar-refractivity contribution in [1.82, 2.24) is 14.3 Å². The van der Waals surface area contributed by atoms with E-state index in [4.69, 9.17) is 4.74 Å². The minimum Gasteiger partial charge on any atom is -0.496 e. The van der Waals surface area contributed by atoms with Crippen molar-refractivity contribution in [3.8, 4) is 5.75 Å². The third kappa shape index (κ3) is 4.83. The van der Waals surface area contributed by atoms with Gasteiger partial charge in [-0.05, 0) is 30.5 Å². The number of para-hydroxylation sites is 1. The molecule has 162 valence electrons. The number of methoxy groups -OCH3 is 1. The first kappa shape index (κ1) is 22.3. The molecule has 0 aliphatic carbocycles. The molecule has 0 aromatic heterocycles. The highest BCUT2D eigenvalue weighted by Crippen LogP contribution is 2.36. The average molecular weight is 432 g/mol. The Balaban J connectivity index is 1.79. The standard InChI is InChI=1S/C22H29N3O4S/c1-3-24-30(27,28)25-15-13-22(14-16-25,18-9-5-4-6-10-18)17-23-21(26)19-11-7-8-12-20(19)29-2/h4-12,24H,3,13-17H2,1-2H3,(H,23,26). The zero-order valence-electron chi connectivity index (χ0n) is 17.4. The molecule has 1 heterocycles. The van der Waals surface area contributed by atoms with Crippen LogP contribution in [0, 0.1) is 0 Å². The second-order valence-corrected chi connectivity index (χ2v) is 9.19. The lowest BCUT2D eigenvalue weighted by Gasteiger charge is -2.41. The molecule has 2 N–H and O–H groups in total. The van der Waals surface area contributed by atoms with E-state index in [0.29, 0.717) is 50.3 Å². The van der Waals surface area contributed by atoms with Gasteiger partial charge in [-0.15, -0.1) is 0 Å². The second-order valence-electron chi connectivity index (χ2n) is 7.43. The van der Waals surface area contributed by atoms with Crippen LogP contribution in [0.15, 0.2) is 54.6 Å². The largest absolute Gasteiger partial charge is 0.496 e. The van der Waals surface area contributed by atoms with E-state index in [1.54, 1.807) is 25.1 Å². The van der Waals surface area contributed by atoms with Crippen LogP contribution in [0.5, 0.6) is 5.75 Å². The highest BCUT2D eigenvalue weighted by molar-refractivity contribution is 7.87.